The molecule has 5 nitrogen and oxygen atoms in total. The van der Waals surface area contributed by atoms with E-state index in [-0.39, 0.29) is 16.1 Å². The van der Waals surface area contributed by atoms with E-state index in [1.165, 1.54) is 6.07 Å². The van der Waals surface area contributed by atoms with Crippen molar-refractivity contribution in [3.05, 3.63) is 46.4 Å². The molecule has 25 heavy (non-hydrogen) atoms. The summed E-state index contributed by atoms with van der Waals surface area (Å²) in [5, 5.41) is 2.93. The number of nitrogens with one attached hydrogen (secondary N) is 2. The van der Waals surface area contributed by atoms with Crippen molar-refractivity contribution >= 4 is 55.0 Å². The molecule has 1 unspecified atom stereocenters. The Morgan fingerprint density at radius 2 is 2.00 bits per heavy atom. The predicted molar refractivity (Wildman–Crippen MR) is 105 cm³/mol. The molecule has 3 rings (SSSR count). The van der Waals surface area contributed by atoms with Crippen LogP contribution >= 0.6 is 27.7 Å². The fourth-order valence-corrected chi connectivity index (χ4v) is 5.38. The van der Waals surface area contributed by atoms with Gasteiger partial charge in [-0.15, -0.1) is 11.8 Å². The number of fused-ring (bicyclic) bond motifs is 1. The number of hydrogen-bond acceptors (Lipinski definition) is 4. The number of halogens is 1. The maximum absolute atomic E-state index is 12.7. The summed E-state index contributed by atoms with van der Waals surface area (Å²) in [5.41, 5.74) is 2.02. The van der Waals surface area contributed by atoms with Crippen molar-refractivity contribution in [1.82, 2.24) is 0 Å². The Bertz CT molecular complexity index is 945. The van der Waals surface area contributed by atoms with Gasteiger partial charge < -0.3 is 5.32 Å². The van der Waals surface area contributed by atoms with Gasteiger partial charge in [-0.1, -0.05) is 13.0 Å². The van der Waals surface area contributed by atoms with Gasteiger partial charge in [0.2, 0.25) is 5.91 Å². The average molecular weight is 441 g/mol. The first kappa shape index (κ1) is 18.3. The highest BCUT2D eigenvalue weighted by Crippen LogP contribution is 2.36. The quantitative estimate of drug-likeness (QED) is 0.742. The Hall–Kier alpha value is -1.51. The maximum Gasteiger partial charge on any atom is 0.262 e. The standard InChI is InChI=1S/C17H17BrN2O3S2/c1-10-3-5-14(13(18)7-10)20-25(22,23)12-4-6-16-15(9-12)19-17(21)8-11(2)24-16/h3-7,9,11,20H,8H2,1-2H3,(H,19,21). The van der Waals surface area contributed by atoms with E-state index in [9.17, 15) is 13.2 Å². The zero-order valence-corrected chi connectivity index (χ0v) is 16.9. The Kier molecular flexibility index (Phi) is 5.13. The van der Waals surface area contributed by atoms with Gasteiger partial charge in [-0.2, -0.15) is 0 Å². The number of rotatable bonds is 3. The van der Waals surface area contributed by atoms with Gasteiger partial charge in [0.15, 0.2) is 0 Å². The first-order valence-electron chi connectivity index (χ1n) is 7.64. The molecule has 2 N–H and O–H groups in total. The van der Waals surface area contributed by atoms with Crippen LogP contribution in [0.2, 0.25) is 0 Å². The molecule has 2 aromatic rings. The summed E-state index contributed by atoms with van der Waals surface area (Å²) < 4.78 is 28.7. The highest BCUT2D eigenvalue weighted by Gasteiger charge is 2.22. The molecule has 0 spiro atoms. The average Bonchev–Trinajstić information content (AvgIpc) is 2.65. The lowest BCUT2D eigenvalue weighted by Gasteiger charge is -2.13. The van der Waals surface area contributed by atoms with Crippen LogP contribution in [0.3, 0.4) is 0 Å². The van der Waals surface area contributed by atoms with E-state index in [4.69, 9.17) is 0 Å². The van der Waals surface area contributed by atoms with Crippen molar-refractivity contribution < 1.29 is 13.2 Å². The largest absolute Gasteiger partial charge is 0.325 e. The summed E-state index contributed by atoms with van der Waals surface area (Å²) in [6, 6.07) is 10.2. The molecule has 0 fully saturated rings. The molecule has 0 radical (unpaired) electrons. The topological polar surface area (TPSA) is 75.3 Å². The van der Waals surface area contributed by atoms with E-state index in [1.54, 1.807) is 30.0 Å². The molecule has 132 valence electrons. The molecule has 1 heterocycles. The van der Waals surface area contributed by atoms with Crippen molar-refractivity contribution in [3.8, 4) is 0 Å². The van der Waals surface area contributed by atoms with Crippen molar-refractivity contribution in [2.45, 2.75) is 35.3 Å². The van der Waals surface area contributed by atoms with Crippen molar-refractivity contribution in [1.29, 1.82) is 0 Å². The number of anilines is 2. The Morgan fingerprint density at radius 3 is 2.72 bits per heavy atom. The van der Waals surface area contributed by atoms with E-state index in [1.807, 2.05) is 26.0 Å². The first-order chi connectivity index (χ1) is 11.7. The lowest BCUT2D eigenvalue weighted by molar-refractivity contribution is -0.116. The summed E-state index contributed by atoms with van der Waals surface area (Å²) >= 11 is 4.93. The second kappa shape index (κ2) is 7.01. The molecule has 1 aliphatic heterocycles. The maximum atomic E-state index is 12.7. The predicted octanol–water partition coefficient (Wildman–Crippen LogP) is 4.38. The van der Waals surface area contributed by atoms with Crippen molar-refractivity contribution in [2.75, 3.05) is 10.0 Å². The van der Waals surface area contributed by atoms with Crippen LogP contribution in [0.5, 0.6) is 0 Å². The van der Waals surface area contributed by atoms with E-state index in [0.717, 1.165) is 10.5 Å². The van der Waals surface area contributed by atoms with Gasteiger partial charge in [-0.25, -0.2) is 8.42 Å². The van der Waals surface area contributed by atoms with Gasteiger partial charge in [0, 0.05) is 21.0 Å². The summed E-state index contributed by atoms with van der Waals surface area (Å²) in [4.78, 5) is 12.9. The van der Waals surface area contributed by atoms with Gasteiger partial charge in [0.1, 0.15) is 0 Å². The second-order valence-electron chi connectivity index (χ2n) is 5.93. The number of aryl methyl sites for hydroxylation is 1. The lowest BCUT2D eigenvalue weighted by Crippen LogP contribution is -2.15. The van der Waals surface area contributed by atoms with Crippen LogP contribution in [0.4, 0.5) is 11.4 Å². The van der Waals surface area contributed by atoms with Crippen LogP contribution in [0.25, 0.3) is 0 Å². The van der Waals surface area contributed by atoms with Crippen molar-refractivity contribution in [2.24, 2.45) is 0 Å². The molecule has 0 saturated heterocycles. The monoisotopic (exact) mass is 440 g/mol. The molecule has 8 heteroatoms. The van der Waals surface area contributed by atoms with Crippen LogP contribution in [0.15, 0.2) is 50.7 Å². The minimum atomic E-state index is -3.77. The molecule has 1 amide bonds. The highest BCUT2D eigenvalue weighted by atomic mass is 79.9. The number of carbonyl (C=O) groups excluding carboxylic acids is 1. The number of thioether (sulfide) groups is 1. The van der Waals surface area contributed by atoms with Crippen LogP contribution in [-0.4, -0.2) is 19.6 Å². The third-order valence-electron chi connectivity index (χ3n) is 3.71. The Balaban J connectivity index is 1.94. The molecule has 2 aromatic carbocycles. The van der Waals surface area contributed by atoms with Crippen molar-refractivity contribution in [3.63, 3.8) is 0 Å². The van der Waals surface area contributed by atoms with E-state index in [2.05, 4.69) is 26.0 Å². The SMILES string of the molecule is Cc1ccc(NS(=O)(=O)c2ccc3c(c2)NC(=O)CC(C)S3)c(Br)c1. The second-order valence-corrected chi connectivity index (χ2v) is 9.94. The minimum Gasteiger partial charge on any atom is -0.325 e. The highest BCUT2D eigenvalue weighted by molar-refractivity contribution is 9.10. The van der Waals surface area contributed by atoms with Crippen LogP contribution in [-0.2, 0) is 14.8 Å². The van der Waals surface area contributed by atoms with Gasteiger partial charge in [-0.05, 0) is 58.7 Å². The van der Waals surface area contributed by atoms with E-state index >= 15 is 0 Å². The number of sulfonamides is 1. The molecular weight excluding hydrogens is 424 g/mol. The fourth-order valence-electron chi connectivity index (χ4n) is 2.50. The summed E-state index contributed by atoms with van der Waals surface area (Å²) in [7, 11) is -3.77. The first-order valence-corrected chi connectivity index (χ1v) is 10.8. The molecule has 0 bridgehead atoms. The minimum absolute atomic E-state index is 0.106. The molecule has 1 atom stereocenters. The number of benzene rings is 2. The number of carbonyl (C=O) groups is 1. The molecular formula is C17H17BrN2O3S2. The zero-order chi connectivity index (χ0) is 18.2. The van der Waals surface area contributed by atoms with E-state index in [0.29, 0.717) is 22.3 Å². The molecule has 0 saturated carbocycles. The van der Waals surface area contributed by atoms with Crippen LogP contribution in [0.1, 0.15) is 18.9 Å². The van der Waals surface area contributed by atoms with Crippen LogP contribution in [0, 0.1) is 6.92 Å². The van der Waals surface area contributed by atoms with E-state index < -0.39 is 10.0 Å². The molecule has 0 aromatic heterocycles. The normalized spacial score (nSPS) is 17.4. The summed E-state index contributed by atoms with van der Waals surface area (Å²) in [6.45, 7) is 3.90. The zero-order valence-electron chi connectivity index (χ0n) is 13.7. The van der Waals surface area contributed by atoms with Gasteiger partial charge in [-0.3, -0.25) is 9.52 Å². The summed E-state index contributed by atoms with van der Waals surface area (Å²) in [6.07, 6.45) is 0.399. The van der Waals surface area contributed by atoms with Gasteiger partial charge in [0.25, 0.3) is 10.0 Å². The third kappa shape index (κ3) is 4.19. The number of hydrogen-bond donors (Lipinski definition) is 2. The number of amides is 1. The molecule has 1 aliphatic rings. The fraction of sp³-hybridized carbons (Fsp3) is 0.235. The smallest absolute Gasteiger partial charge is 0.262 e. The summed E-state index contributed by atoms with van der Waals surface area (Å²) in [5.74, 6) is -0.109. The Labute approximate surface area is 159 Å². The van der Waals surface area contributed by atoms with Gasteiger partial charge in [0.05, 0.1) is 16.3 Å². The third-order valence-corrected chi connectivity index (χ3v) is 6.90. The van der Waals surface area contributed by atoms with Gasteiger partial charge >= 0.3 is 0 Å². The van der Waals surface area contributed by atoms with Crippen LogP contribution < -0.4 is 10.0 Å². The Morgan fingerprint density at radius 1 is 1.24 bits per heavy atom. The molecule has 0 aliphatic carbocycles. The lowest BCUT2D eigenvalue weighted by atomic mass is 10.2.